The van der Waals surface area contributed by atoms with E-state index in [1.807, 2.05) is 32.0 Å². The van der Waals surface area contributed by atoms with Crippen molar-refractivity contribution >= 4 is 29.6 Å². The molecule has 6 N–H and O–H groups in total. The number of nitrogens with one attached hydrogen (secondary N) is 1. The number of aliphatic imine (C=N–C) groups is 1. The minimum Gasteiger partial charge on any atom is -0.477 e. The van der Waals surface area contributed by atoms with Crippen molar-refractivity contribution in [2.45, 2.75) is 13.8 Å². The Morgan fingerprint density at radius 1 is 1.08 bits per heavy atom. The number of carbonyl (C=O) groups is 2. The second-order valence-corrected chi connectivity index (χ2v) is 5.83. The zero-order valence-electron chi connectivity index (χ0n) is 14.5. The van der Waals surface area contributed by atoms with Crippen LogP contribution in [0.1, 0.15) is 27.0 Å². The zero-order chi connectivity index (χ0) is 19.3. The molecule has 2 aromatic carbocycles. The lowest BCUT2D eigenvalue weighted by molar-refractivity contribution is -0.132. The normalized spacial score (nSPS) is 10.9. The summed E-state index contributed by atoms with van der Waals surface area (Å²) in [6.07, 6.45) is 1.42. The van der Waals surface area contributed by atoms with Gasteiger partial charge in [0.15, 0.2) is 5.96 Å². The van der Waals surface area contributed by atoms with Crippen molar-refractivity contribution in [2.75, 3.05) is 0 Å². The molecule has 7 nitrogen and oxygen atoms in total. The average molecular weight is 352 g/mol. The number of carboxylic acids is 1. The summed E-state index contributed by atoms with van der Waals surface area (Å²) >= 11 is 0. The van der Waals surface area contributed by atoms with Crippen LogP contribution >= 0.6 is 0 Å². The SMILES string of the molecule is Cc1cc(C)cc(/C=C(/NC(=O)c2cccc(N=C(N)N)c2)C(=O)O)c1. The number of hydrogen-bond acceptors (Lipinski definition) is 3. The molecule has 0 aromatic heterocycles. The monoisotopic (exact) mass is 352 g/mol. The van der Waals surface area contributed by atoms with Gasteiger partial charge in [0.2, 0.25) is 0 Å². The molecule has 0 unspecified atom stereocenters. The van der Waals surface area contributed by atoms with Gasteiger partial charge in [-0.25, -0.2) is 9.79 Å². The molecule has 0 saturated heterocycles. The molecule has 0 atom stereocenters. The highest BCUT2D eigenvalue weighted by molar-refractivity contribution is 6.03. The van der Waals surface area contributed by atoms with Gasteiger partial charge in [0, 0.05) is 5.56 Å². The van der Waals surface area contributed by atoms with Crippen LogP contribution in [-0.4, -0.2) is 22.9 Å². The summed E-state index contributed by atoms with van der Waals surface area (Å²) in [5.74, 6) is -1.95. The van der Waals surface area contributed by atoms with E-state index in [1.54, 1.807) is 12.1 Å². The number of benzene rings is 2. The summed E-state index contributed by atoms with van der Waals surface area (Å²) in [7, 11) is 0. The summed E-state index contributed by atoms with van der Waals surface area (Å²) in [4.78, 5) is 27.8. The molecular weight excluding hydrogens is 332 g/mol. The summed E-state index contributed by atoms with van der Waals surface area (Å²) in [6.45, 7) is 3.83. The van der Waals surface area contributed by atoms with Crippen LogP contribution in [0.5, 0.6) is 0 Å². The predicted octanol–water partition coefficient (Wildman–Crippen LogP) is 2.06. The van der Waals surface area contributed by atoms with Gasteiger partial charge in [0.25, 0.3) is 5.91 Å². The highest BCUT2D eigenvalue weighted by Crippen LogP contribution is 2.15. The first-order chi connectivity index (χ1) is 12.2. The lowest BCUT2D eigenvalue weighted by Crippen LogP contribution is -2.27. The van der Waals surface area contributed by atoms with Gasteiger partial charge in [0.05, 0.1) is 5.69 Å². The van der Waals surface area contributed by atoms with E-state index in [0.29, 0.717) is 11.3 Å². The van der Waals surface area contributed by atoms with Gasteiger partial charge < -0.3 is 21.9 Å². The molecule has 0 saturated carbocycles. The van der Waals surface area contributed by atoms with Crippen LogP contribution in [0, 0.1) is 13.8 Å². The fraction of sp³-hybridized carbons (Fsp3) is 0.105. The van der Waals surface area contributed by atoms with Gasteiger partial charge in [-0.05, 0) is 43.7 Å². The second kappa shape index (κ2) is 7.98. The van der Waals surface area contributed by atoms with Crippen molar-refractivity contribution in [2.24, 2.45) is 16.5 Å². The average Bonchev–Trinajstić information content (AvgIpc) is 2.52. The molecule has 0 heterocycles. The van der Waals surface area contributed by atoms with Crippen LogP contribution < -0.4 is 16.8 Å². The number of amides is 1. The van der Waals surface area contributed by atoms with Crippen molar-refractivity contribution in [3.63, 3.8) is 0 Å². The largest absolute Gasteiger partial charge is 0.477 e. The fourth-order valence-corrected chi connectivity index (χ4v) is 2.47. The van der Waals surface area contributed by atoms with Crippen molar-refractivity contribution in [1.29, 1.82) is 0 Å². The minimum atomic E-state index is -1.24. The third-order valence-corrected chi connectivity index (χ3v) is 3.40. The van der Waals surface area contributed by atoms with E-state index >= 15 is 0 Å². The summed E-state index contributed by atoms with van der Waals surface area (Å²) in [5, 5.41) is 11.8. The number of rotatable bonds is 5. The van der Waals surface area contributed by atoms with Crippen LogP contribution in [0.3, 0.4) is 0 Å². The number of carboxylic acid groups (broad SMARTS) is 1. The van der Waals surface area contributed by atoms with E-state index in [9.17, 15) is 14.7 Å². The molecule has 2 aromatic rings. The third kappa shape index (κ3) is 5.20. The molecule has 0 aliphatic rings. The van der Waals surface area contributed by atoms with Crippen LogP contribution in [0.15, 0.2) is 53.2 Å². The molecule has 1 amide bonds. The van der Waals surface area contributed by atoms with E-state index < -0.39 is 11.9 Å². The predicted molar refractivity (Wildman–Crippen MR) is 101 cm³/mol. The Labute approximate surface area is 151 Å². The fourth-order valence-electron chi connectivity index (χ4n) is 2.47. The Bertz CT molecular complexity index is 893. The van der Waals surface area contributed by atoms with E-state index in [4.69, 9.17) is 11.5 Å². The first kappa shape index (κ1) is 18.7. The van der Waals surface area contributed by atoms with Gasteiger partial charge >= 0.3 is 5.97 Å². The first-order valence-corrected chi connectivity index (χ1v) is 7.79. The maximum Gasteiger partial charge on any atom is 0.352 e. The Kier molecular flexibility index (Phi) is 5.74. The molecule has 0 aliphatic heterocycles. The number of hydrogen-bond donors (Lipinski definition) is 4. The highest BCUT2D eigenvalue weighted by Gasteiger charge is 2.14. The van der Waals surface area contributed by atoms with Gasteiger partial charge in [0.1, 0.15) is 5.70 Å². The number of aryl methyl sites for hydroxylation is 2. The van der Waals surface area contributed by atoms with E-state index in [-0.39, 0.29) is 17.2 Å². The molecule has 0 fully saturated rings. The molecule has 2 rings (SSSR count). The van der Waals surface area contributed by atoms with Crippen molar-refractivity contribution in [3.05, 3.63) is 70.4 Å². The topological polar surface area (TPSA) is 131 Å². The summed E-state index contributed by atoms with van der Waals surface area (Å²) in [6, 6.07) is 11.9. The minimum absolute atomic E-state index is 0.136. The van der Waals surface area contributed by atoms with Crippen molar-refractivity contribution < 1.29 is 14.7 Å². The maximum absolute atomic E-state index is 12.4. The molecule has 0 spiro atoms. The second-order valence-electron chi connectivity index (χ2n) is 5.83. The van der Waals surface area contributed by atoms with E-state index in [2.05, 4.69) is 10.3 Å². The maximum atomic E-state index is 12.4. The van der Waals surface area contributed by atoms with Gasteiger partial charge in [-0.15, -0.1) is 0 Å². The van der Waals surface area contributed by atoms with Crippen LogP contribution in [-0.2, 0) is 4.79 Å². The highest BCUT2D eigenvalue weighted by atomic mass is 16.4. The lowest BCUT2D eigenvalue weighted by atomic mass is 10.1. The third-order valence-electron chi connectivity index (χ3n) is 3.40. The van der Waals surface area contributed by atoms with Crippen LogP contribution in [0.2, 0.25) is 0 Å². The quantitative estimate of drug-likeness (QED) is 0.372. The van der Waals surface area contributed by atoms with Crippen LogP contribution in [0.25, 0.3) is 6.08 Å². The molecule has 26 heavy (non-hydrogen) atoms. The number of nitrogens with two attached hydrogens (primary N) is 2. The molecule has 0 bridgehead atoms. The Morgan fingerprint density at radius 3 is 2.31 bits per heavy atom. The summed E-state index contributed by atoms with van der Waals surface area (Å²) in [5.41, 5.74) is 13.7. The standard InChI is InChI=1S/C19H20N4O3/c1-11-6-12(2)8-13(7-11)9-16(18(25)26)23-17(24)14-4-3-5-15(10-14)22-19(20)21/h3-10H,1-2H3,(H,23,24)(H,25,26)(H4,20,21,22)/b16-9+. The van der Waals surface area contributed by atoms with E-state index in [0.717, 1.165) is 11.1 Å². The van der Waals surface area contributed by atoms with Crippen LogP contribution in [0.4, 0.5) is 5.69 Å². The number of aliphatic carboxylic acids is 1. The van der Waals surface area contributed by atoms with Gasteiger partial charge in [-0.2, -0.15) is 0 Å². The Hall–Kier alpha value is -3.61. The number of nitrogens with zero attached hydrogens (tertiary/aromatic N) is 1. The molecular formula is C19H20N4O3. The summed E-state index contributed by atoms with van der Waals surface area (Å²) < 4.78 is 0. The molecule has 0 radical (unpaired) electrons. The van der Waals surface area contributed by atoms with Crippen molar-refractivity contribution in [3.8, 4) is 0 Å². The number of guanidine groups is 1. The Balaban J connectivity index is 2.30. The smallest absolute Gasteiger partial charge is 0.352 e. The first-order valence-electron chi connectivity index (χ1n) is 7.79. The molecule has 7 heteroatoms. The molecule has 134 valence electrons. The zero-order valence-corrected chi connectivity index (χ0v) is 14.5. The lowest BCUT2D eigenvalue weighted by Gasteiger charge is -2.08. The van der Waals surface area contributed by atoms with Gasteiger partial charge in [-0.3, -0.25) is 4.79 Å². The Morgan fingerprint density at radius 2 is 1.73 bits per heavy atom. The molecule has 0 aliphatic carbocycles. The van der Waals surface area contributed by atoms with Gasteiger partial charge in [-0.1, -0.05) is 35.4 Å². The number of carbonyl (C=O) groups excluding carboxylic acids is 1. The van der Waals surface area contributed by atoms with Crippen molar-refractivity contribution in [1.82, 2.24) is 5.32 Å². The van der Waals surface area contributed by atoms with E-state index in [1.165, 1.54) is 18.2 Å².